The lowest BCUT2D eigenvalue weighted by atomic mass is 10.0. The molecule has 20 heavy (non-hydrogen) atoms. The molecule has 0 saturated heterocycles. The average Bonchev–Trinajstić information content (AvgIpc) is 2.98. The second kappa shape index (κ2) is 5.96. The van der Waals surface area contributed by atoms with Crippen molar-refractivity contribution < 1.29 is 14.7 Å². The molecule has 0 aliphatic heterocycles. The number of aromatic carboxylic acids is 1. The molecule has 0 aliphatic rings. The van der Waals surface area contributed by atoms with Crippen LogP contribution in [0.2, 0.25) is 0 Å². The van der Waals surface area contributed by atoms with Gasteiger partial charge in [-0.05, 0) is 18.1 Å². The first-order valence-electron chi connectivity index (χ1n) is 6.02. The number of likely N-dealkylation sites (N-methyl/N-ethyl adjacent to an activating group) is 1. The molecule has 1 aromatic heterocycles. The minimum atomic E-state index is -0.967. The molecule has 0 bridgehead atoms. The topological polar surface area (TPSA) is 99.2 Å². The fraction of sp³-hybridized carbons (Fsp3) is 0.231. The van der Waals surface area contributed by atoms with E-state index in [9.17, 15) is 9.59 Å². The maximum atomic E-state index is 11.9. The summed E-state index contributed by atoms with van der Waals surface area (Å²) in [7, 11) is 1.64. The first-order chi connectivity index (χ1) is 9.59. The molecule has 2 rings (SSSR count). The molecule has 0 radical (unpaired) electrons. The summed E-state index contributed by atoms with van der Waals surface area (Å²) in [4.78, 5) is 24.5. The van der Waals surface area contributed by atoms with Crippen LogP contribution in [0.4, 0.5) is 0 Å². The maximum absolute atomic E-state index is 11.9. The number of H-pyrrole nitrogens is 1. The molecule has 0 fully saturated rings. The number of carboxylic acid groups (broad SMARTS) is 1. The summed E-state index contributed by atoms with van der Waals surface area (Å²) in [6, 6.07) is 6.76. The number of rotatable bonds is 5. The molecule has 0 saturated carbocycles. The second-order valence-corrected chi connectivity index (χ2v) is 4.29. The molecule has 0 atom stereocenters. The molecule has 0 aliphatic carbocycles. The van der Waals surface area contributed by atoms with Gasteiger partial charge < -0.3 is 10.0 Å². The average molecular weight is 274 g/mol. The molecule has 1 aromatic carbocycles. The molecule has 7 heteroatoms. The number of aromatic amines is 1. The number of aromatic nitrogens is 3. The van der Waals surface area contributed by atoms with Gasteiger partial charge in [0, 0.05) is 13.6 Å². The lowest BCUT2D eigenvalue weighted by Crippen LogP contribution is -2.29. The highest BCUT2D eigenvalue weighted by molar-refractivity contribution is 5.92. The normalized spacial score (nSPS) is 10.2. The third kappa shape index (κ3) is 3.00. The predicted molar refractivity (Wildman–Crippen MR) is 70.4 cm³/mol. The Morgan fingerprint density at radius 3 is 2.75 bits per heavy atom. The van der Waals surface area contributed by atoms with Gasteiger partial charge in [-0.2, -0.15) is 15.4 Å². The quantitative estimate of drug-likeness (QED) is 0.840. The fourth-order valence-electron chi connectivity index (χ4n) is 1.84. The van der Waals surface area contributed by atoms with Crippen LogP contribution in [0.25, 0.3) is 0 Å². The largest absolute Gasteiger partial charge is 0.478 e. The van der Waals surface area contributed by atoms with E-state index in [1.54, 1.807) is 31.3 Å². The van der Waals surface area contributed by atoms with Gasteiger partial charge in [-0.25, -0.2) is 4.79 Å². The third-order valence-electron chi connectivity index (χ3n) is 2.95. The fourth-order valence-corrected chi connectivity index (χ4v) is 1.84. The Labute approximate surface area is 115 Å². The minimum absolute atomic E-state index is 0.235. The Balaban J connectivity index is 2.02. The van der Waals surface area contributed by atoms with E-state index in [0.717, 1.165) is 0 Å². The van der Waals surface area contributed by atoms with Gasteiger partial charge in [-0.1, -0.05) is 18.2 Å². The van der Waals surface area contributed by atoms with Crippen molar-refractivity contribution in [2.45, 2.75) is 6.42 Å². The number of carboxylic acids is 1. The highest BCUT2D eigenvalue weighted by Gasteiger charge is 2.15. The molecule has 2 aromatic rings. The zero-order chi connectivity index (χ0) is 14.5. The number of amides is 1. The van der Waals surface area contributed by atoms with Crippen molar-refractivity contribution in [3.8, 4) is 0 Å². The van der Waals surface area contributed by atoms with Crippen molar-refractivity contribution in [1.29, 1.82) is 0 Å². The molecule has 1 heterocycles. The molecular weight excluding hydrogens is 260 g/mol. The standard InChI is InChI=1S/C13H14N4O3/c1-17(12(18)11-8-14-16-15-11)7-6-9-4-2-3-5-10(9)13(19)20/h2-5,8H,6-7H2,1H3,(H,19,20)(H,14,15,16). The molecule has 2 N–H and O–H groups in total. The summed E-state index contributed by atoms with van der Waals surface area (Å²) in [5.41, 5.74) is 1.19. The van der Waals surface area contributed by atoms with E-state index in [-0.39, 0.29) is 17.2 Å². The Bertz CT molecular complexity index is 610. The minimum Gasteiger partial charge on any atom is -0.478 e. The summed E-state index contributed by atoms with van der Waals surface area (Å²) in [6.07, 6.45) is 1.81. The monoisotopic (exact) mass is 274 g/mol. The van der Waals surface area contributed by atoms with Crippen molar-refractivity contribution in [3.05, 3.63) is 47.3 Å². The Kier molecular flexibility index (Phi) is 4.09. The van der Waals surface area contributed by atoms with Crippen LogP contribution < -0.4 is 0 Å². The van der Waals surface area contributed by atoms with Crippen LogP contribution in [0, 0.1) is 0 Å². The summed E-state index contributed by atoms with van der Waals surface area (Å²) in [6.45, 7) is 0.399. The number of nitrogens with zero attached hydrogens (tertiary/aromatic N) is 3. The molecule has 7 nitrogen and oxygen atoms in total. The third-order valence-corrected chi connectivity index (χ3v) is 2.95. The summed E-state index contributed by atoms with van der Waals surface area (Å²) < 4.78 is 0. The summed E-state index contributed by atoms with van der Waals surface area (Å²) in [5, 5.41) is 18.8. The van der Waals surface area contributed by atoms with Gasteiger partial charge in [0.25, 0.3) is 5.91 Å². The second-order valence-electron chi connectivity index (χ2n) is 4.29. The number of hydrogen-bond acceptors (Lipinski definition) is 4. The van der Waals surface area contributed by atoms with Crippen molar-refractivity contribution in [2.75, 3.05) is 13.6 Å². The van der Waals surface area contributed by atoms with E-state index in [4.69, 9.17) is 5.11 Å². The summed E-state index contributed by atoms with van der Waals surface area (Å²) >= 11 is 0. The van der Waals surface area contributed by atoms with Gasteiger partial charge >= 0.3 is 5.97 Å². The van der Waals surface area contributed by atoms with E-state index >= 15 is 0 Å². The van der Waals surface area contributed by atoms with Gasteiger partial charge in [-0.3, -0.25) is 4.79 Å². The van der Waals surface area contributed by atoms with Gasteiger partial charge in [0.1, 0.15) is 0 Å². The lowest BCUT2D eigenvalue weighted by molar-refractivity contribution is 0.0695. The van der Waals surface area contributed by atoms with E-state index in [1.165, 1.54) is 11.1 Å². The van der Waals surface area contributed by atoms with Gasteiger partial charge in [0.05, 0.1) is 11.8 Å². The first kappa shape index (κ1) is 13.7. The number of carbonyl (C=O) groups excluding carboxylic acids is 1. The predicted octanol–water partition coefficient (Wildman–Crippen LogP) is 0.818. The van der Waals surface area contributed by atoms with Crippen LogP contribution in [0.15, 0.2) is 30.5 Å². The van der Waals surface area contributed by atoms with E-state index in [0.29, 0.717) is 18.5 Å². The van der Waals surface area contributed by atoms with Crippen LogP contribution in [0.1, 0.15) is 26.4 Å². The van der Waals surface area contributed by atoms with Crippen LogP contribution in [0.5, 0.6) is 0 Å². The van der Waals surface area contributed by atoms with Gasteiger partial charge in [-0.15, -0.1) is 0 Å². The molecule has 1 amide bonds. The number of nitrogens with one attached hydrogen (secondary N) is 1. The number of carbonyl (C=O) groups is 2. The van der Waals surface area contributed by atoms with Crippen LogP contribution in [0.3, 0.4) is 0 Å². The molecule has 104 valence electrons. The van der Waals surface area contributed by atoms with Gasteiger partial charge in [0.15, 0.2) is 5.69 Å². The Morgan fingerprint density at radius 2 is 2.10 bits per heavy atom. The van der Waals surface area contributed by atoms with Crippen molar-refractivity contribution in [3.63, 3.8) is 0 Å². The van der Waals surface area contributed by atoms with Crippen LogP contribution >= 0.6 is 0 Å². The van der Waals surface area contributed by atoms with E-state index in [2.05, 4.69) is 15.4 Å². The molecular formula is C13H14N4O3. The van der Waals surface area contributed by atoms with Crippen LogP contribution in [-0.2, 0) is 6.42 Å². The first-order valence-corrected chi connectivity index (χ1v) is 6.02. The molecule has 0 unspecified atom stereocenters. The van der Waals surface area contributed by atoms with Crippen molar-refractivity contribution in [1.82, 2.24) is 20.3 Å². The number of benzene rings is 1. The van der Waals surface area contributed by atoms with Crippen LogP contribution in [-0.4, -0.2) is 50.9 Å². The summed E-state index contributed by atoms with van der Waals surface area (Å²) in [5.74, 6) is -1.22. The van der Waals surface area contributed by atoms with E-state index in [1.807, 2.05) is 0 Å². The van der Waals surface area contributed by atoms with Gasteiger partial charge in [0.2, 0.25) is 0 Å². The molecule has 0 spiro atoms. The maximum Gasteiger partial charge on any atom is 0.335 e. The zero-order valence-corrected chi connectivity index (χ0v) is 10.9. The SMILES string of the molecule is CN(CCc1ccccc1C(=O)O)C(=O)c1cn[nH]n1. The number of hydrogen-bond donors (Lipinski definition) is 2. The van der Waals surface area contributed by atoms with Crippen molar-refractivity contribution >= 4 is 11.9 Å². The Morgan fingerprint density at radius 1 is 1.35 bits per heavy atom. The Hall–Kier alpha value is -2.70. The smallest absolute Gasteiger partial charge is 0.335 e. The highest BCUT2D eigenvalue weighted by Crippen LogP contribution is 2.10. The lowest BCUT2D eigenvalue weighted by Gasteiger charge is -2.16. The van der Waals surface area contributed by atoms with Crippen molar-refractivity contribution in [2.24, 2.45) is 0 Å². The zero-order valence-electron chi connectivity index (χ0n) is 10.9. The van der Waals surface area contributed by atoms with E-state index < -0.39 is 5.97 Å². The highest BCUT2D eigenvalue weighted by atomic mass is 16.4.